The molecule has 2 heterocycles. The van der Waals surface area contributed by atoms with E-state index in [1.165, 1.54) is 6.20 Å². The number of hydrogen-bond donors (Lipinski definition) is 2. The number of carbonyl (C=O) groups excluding carboxylic acids is 1. The van der Waals surface area contributed by atoms with E-state index in [0.29, 0.717) is 12.2 Å². The van der Waals surface area contributed by atoms with Gasteiger partial charge in [0.15, 0.2) is 9.84 Å². The van der Waals surface area contributed by atoms with Gasteiger partial charge in [-0.15, -0.1) is 0 Å². The minimum atomic E-state index is -2.99. The van der Waals surface area contributed by atoms with Crippen LogP contribution < -0.4 is 11.1 Å². The number of nitrogens with zero attached hydrogens (tertiary/aromatic N) is 1. The smallest absolute Gasteiger partial charge is 0.252 e. The Labute approximate surface area is 106 Å². The zero-order valence-electron chi connectivity index (χ0n) is 9.80. The number of carbonyl (C=O) groups is 1. The third-order valence-electron chi connectivity index (χ3n) is 2.88. The van der Waals surface area contributed by atoms with Crippen LogP contribution in [0.2, 0.25) is 0 Å². The van der Waals surface area contributed by atoms with Crippen molar-refractivity contribution < 1.29 is 13.2 Å². The maximum Gasteiger partial charge on any atom is 0.252 e. The number of nitrogens with two attached hydrogens (primary N) is 1. The molecule has 0 aliphatic carbocycles. The molecular formula is C11H15N3O3S. The fraction of sp³-hybridized carbons (Fsp3) is 0.455. The molecule has 0 bridgehead atoms. The highest BCUT2D eigenvalue weighted by Gasteiger charge is 2.25. The van der Waals surface area contributed by atoms with Crippen molar-refractivity contribution in [1.29, 1.82) is 0 Å². The van der Waals surface area contributed by atoms with E-state index in [9.17, 15) is 13.2 Å². The molecule has 0 spiro atoms. The highest BCUT2D eigenvalue weighted by atomic mass is 32.2. The SMILES string of the molecule is NC(=O)c1cccnc1NC1CCCS(=O)(=O)C1. The Morgan fingerprint density at radius 1 is 1.50 bits per heavy atom. The summed E-state index contributed by atoms with van der Waals surface area (Å²) in [6.45, 7) is 0. The Bertz CT molecular complexity index is 556. The standard InChI is InChI=1S/C11H15N3O3S/c12-10(15)9-4-1-5-13-11(9)14-8-3-2-6-18(16,17)7-8/h1,4-5,8H,2-3,6-7H2,(H2,12,15)(H,13,14). The molecule has 18 heavy (non-hydrogen) atoms. The average Bonchev–Trinajstić information content (AvgIpc) is 2.28. The molecule has 0 radical (unpaired) electrons. The lowest BCUT2D eigenvalue weighted by Gasteiger charge is -2.24. The first-order valence-corrected chi connectivity index (χ1v) is 7.52. The van der Waals surface area contributed by atoms with Gasteiger partial charge in [0.1, 0.15) is 5.82 Å². The molecule has 1 aliphatic heterocycles. The van der Waals surface area contributed by atoms with Crippen LogP contribution in [0, 0.1) is 0 Å². The molecule has 6 nitrogen and oxygen atoms in total. The van der Waals surface area contributed by atoms with Crippen molar-refractivity contribution in [2.45, 2.75) is 18.9 Å². The van der Waals surface area contributed by atoms with Crippen LogP contribution in [0.4, 0.5) is 5.82 Å². The number of nitrogens with one attached hydrogen (secondary N) is 1. The molecule has 3 N–H and O–H groups in total. The van der Waals surface area contributed by atoms with Crippen LogP contribution in [-0.4, -0.2) is 36.9 Å². The monoisotopic (exact) mass is 269 g/mol. The molecular weight excluding hydrogens is 254 g/mol. The minimum Gasteiger partial charge on any atom is -0.366 e. The average molecular weight is 269 g/mol. The first kappa shape index (κ1) is 12.8. The predicted octanol–water partition coefficient (Wildman–Crippen LogP) is 0.170. The maximum atomic E-state index is 11.5. The van der Waals surface area contributed by atoms with Gasteiger partial charge in [0.05, 0.1) is 17.1 Å². The van der Waals surface area contributed by atoms with E-state index in [4.69, 9.17) is 5.73 Å². The number of sulfone groups is 1. The fourth-order valence-corrected chi connectivity index (χ4v) is 3.69. The summed E-state index contributed by atoms with van der Waals surface area (Å²) in [5.74, 6) is 0.0778. The predicted molar refractivity (Wildman–Crippen MR) is 68.1 cm³/mol. The molecule has 0 aromatic carbocycles. The summed E-state index contributed by atoms with van der Waals surface area (Å²) in [6.07, 6.45) is 2.90. The summed E-state index contributed by atoms with van der Waals surface area (Å²) in [6, 6.07) is 2.97. The fourth-order valence-electron chi connectivity index (χ4n) is 2.05. The van der Waals surface area contributed by atoms with E-state index in [2.05, 4.69) is 10.3 Å². The van der Waals surface area contributed by atoms with Gasteiger partial charge in [-0.3, -0.25) is 4.79 Å². The lowest BCUT2D eigenvalue weighted by molar-refractivity contribution is 0.100. The van der Waals surface area contributed by atoms with Gasteiger partial charge in [-0.1, -0.05) is 0 Å². The highest BCUT2D eigenvalue weighted by molar-refractivity contribution is 7.91. The Kier molecular flexibility index (Phi) is 3.51. The number of rotatable bonds is 3. The Hall–Kier alpha value is -1.63. The van der Waals surface area contributed by atoms with Gasteiger partial charge in [0.2, 0.25) is 0 Å². The van der Waals surface area contributed by atoms with Crippen LogP contribution in [0.1, 0.15) is 23.2 Å². The van der Waals surface area contributed by atoms with Crippen molar-refractivity contribution in [2.75, 3.05) is 16.8 Å². The van der Waals surface area contributed by atoms with Gasteiger partial charge in [0.25, 0.3) is 5.91 Å². The topological polar surface area (TPSA) is 102 Å². The van der Waals surface area contributed by atoms with E-state index in [-0.39, 0.29) is 23.1 Å². The van der Waals surface area contributed by atoms with Crippen molar-refractivity contribution in [3.05, 3.63) is 23.9 Å². The lowest BCUT2D eigenvalue weighted by atomic mass is 10.1. The van der Waals surface area contributed by atoms with Crippen LogP contribution >= 0.6 is 0 Å². The zero-order valence-corrected chi connectivity index (χ0v) is 10.6. The van der Waals surface area contributed by atoms with E-state index in [0.717, 1.165) is 6.42 Å². The number of hydrogen-bond acceptors (Lipinski definition) is 5. The van der Waals surface area contributed by atoms with Crippen LogP contribution in [0.3, 0.4) is 0 Å². The number of anilines is 1. The molecule has 1 unspecified atom stereocenters. The molecule has 1 atom stereocenters. The van der Waals surface area contributed by atoms with E-state index >= 15 is 0 Å². The van der Waals surface area contributed by atoms with Crippen molar-refractivity contribution in [1.82, 2.24) is 4.98 Å². The Balaban J connectivity index is 2.17. The maximum absolute atomic E-state index is 11.5. The van der Waals surface area contributed by atoms with Gasteiger partial charge < -0.3 is 11.1 Å². The molecule has 1 aliphatic rings. The third-order valence-corrected chi connectivity index (χ3v) is 4.70. The van der Waals surface area contributed by atoms with Crippen LogP contribution in [0.25, 0.3) is 0 Å². The summed E-state index contributed by atoms with van der Waals surface area (Å²) in [4.78, 5) is 15.2. The van der Waals surface area contributed by atoms with Crippen molar-refractivity contribution in [3.63, 3.8) is 0 Å². The van der Waals surface area contributed by atoms with Crippen molar-refractivity contribution in [3.8, 4) is 0 Å². The number of pyridine rings is 1. The minimum absolute atomic E-state index is 0.0712. The second-order valence-corrected chi connectivity index (χ2v) is 6.59. The normalized spacial score (nSPS) is 22.3. The Morgan fingerprint density at radius 2 is 2.28 bits per heavy atom. The summed E-state index contributed by atoms with van der Waals surface area (Å²) in [5, 5.41) is 3.00. The van der Waals surface area contributed by atoms with Gasteiger partial charge >= 0.3 is 0 Å². The second-order valence-electron chi connectivity index (χ2n) is 4.36. The molecule has 0 saturated carbocycles. The largest absolute Gasteiger partial charge is 0.366 e. The summed E-state index contributed by atoms with van der Waals surface area (Å²) in [7, 11) is -2.99. The third kappa shape index (κ3) is 2.98. The van der Waals surface area contributed by atoms with Crippen LogP contribution in [-0.2, 0) is 9.84 Å². The molecule has 7 heteroatoms. The van der Waals surface area contributed by atoms with Gasteiger partial charge in [-0.05, 0) is 25.0 Å². The van der Waals surface area contributed by atoms with Crippen molar-refractivity contribution >= 4 is 21.6 Å². The summed E-state index contributed by atoms with van der Waals surface area (Å²) >= 11 is 0. The molecule has 1 amide bonds. The summed E-state index contributed by atoms with van der Waals surface area (Å²) in [5.41, 5.74) is 5.51. The van der Waals surface area contributed by atoms with Crippen LogP contribution in [0.15, 0.2) is 18.3 Å². The van der Waals surface area contributed by atoms with Gasteiger partial charge in [-0.2, -0.15) is 0 Å². The quantitative estimate of drug-likeness (QED) is 0.814. The molecule has 98 valence electrons. The zero-order chi connectivity index (χ0) is 13.2. The first-order chi connectivity index (χ1) is 8.48. The lowest BCUT2D eigenvalue weighted by Crippen LogP contribution is -2.35. The highest BCUT2D eigenvalue weighted by Crippen LogP contribution is 2.18. The molecule has 1 aromatic rings. The van der Waals surface area contributed by atoms with Crippen LogP contribution in [0.5, 0.6) is 0 Å². The van der Waals surface area contributed by atoms with E-state index in [1.807, 2.05) is 0 Å². The first-order valence-electron chi connectivity index (χ1n) is 5.70. The van der Waals surface area contributed by atoms with Crippen molar-refractivity contribution in [2.24, 2.45) is 5.73 Å². The summed E-state index contributed by atoms with van der Waals surface area (Å²) < 4.78 is 23.0. The van der Waals surface area contributed by atoms with Gasteiger partial charge in [-0.25, -0.2) is 13.4 Å². The molecule has 1 aromatic heterocycles. The van der Waals surface area contributed by atoms with Gasteiger partial charge in [0, 0.05) is 12.2 Å². The molecule has 1 saturated heterocycles. The number of primary amides is 1. The molecule has 2 rings (SSSR count). The second kappa shape index (κ2) is 4.93. The Morgan fingerprint density at radius 3 is 2.94 bits per heavy atom. The number of amides is 1. The van der Waals surface area contributed by atoms with E-state index in [1.54, 1.807) is 12.1 Å². The molecule has 1 fully saturated rings. The number of aromatic nitrogens is 1. The van der Waals surface area contributed by atoms with E-state index < -0.39 is 15.7 Å².